The van der Waals surface area contributed by atoms with Gasteiger partial charge >= 0.3 is 6.18 Å². The second-order valence-corrected chi connectivity index (χ2v) is 17.8. The van der Waals surface area contributed by atoms with E-state index in [1.165, 1.54) is 17.4 Å². The first-order valence-electron chi connectivity index (χ1n) is 17.4. The molecule has 3 aromatic heterocycles. The number of nitrogens with one attached hydrogen (secondary N) is 2. The number of ether oxygens (including phenoxy) is 1. The summed E-state index contributed by atoms with van der Waals surface area (Å²) in [6.07, 6.45) is 2.50. The van der Waals surface area contributed by atoms with Gasteiger partial charge in [-0.15, -0.1) is 22.7 Å². The number of sulfonamides is 1. The molecule has 5 atom stereocenters. The number of halogens is 3. The van der Waals surface area contributed by atoms with Crippen LogP contribution in [0, 0.1) is 24.7 Å². The van der Waals surface area contributed by atoms with Crippen LogP contribution in [0.25, 0.3) is 21.5 Å². The Bertz CT molecular complexity index is 2050. The van der Waals surface area contributed by atoms with Crippen molar-refractivity contribution in [2.45, 2.75) is 87.8 Å². The molecule has 0 bridgehead atoms. The topological polar surface area (TPSA) is 173 Å². The third-order valence-electron chi connectivity index (χ3n) is 10.1. The molecule has 4 aliphatic rings. The Morgan fingerprint density at radius 3 is 2.51 bits per heavy atom. The average molecular weight is 794 g/mol. The summed E-state index contributed by atoms with van der Waals surface area (Å²) in [6, 6.07) is 1.53. The second kappa shape index (κ2) is 14.4. The van der Waals surface area contributed by atoms with Gasteiger partial charge in [-0.3, -0.25) is 19.1 Å². The van der Waals surface area contributed by atoms with Crippen molar-refractivity contribution in [3.63, 3.8) is 0 Å². The molecule has 0 aromatic carbocycles. The number of fused-ring (bicyclic) bond motifs is 2. The summed E-state index contributed by atoms with van der Waals surface area (Å²) in [7, 11) is -2.19. The molecule has 13 nitrogen and oxygen atoms in total. The molecular weight excluding hydrogens is 756 g/mol. The predicted molar refractivity (Wildman–Crippen MR) is 189 cm³/mol. The van der Waals surface area contributed by atoms with E-state index in [1.807, 2.05) is 12.2 Å². The van der Waals surface area contributed by atoms with Gasteiger partial charge in [0.1, 0.15) is 22.3 Å². The number of allylic oxidation sites excluding steroid dienone is 1. The summed E-state index contributed by atoms with van der Waals surface area (Å²) in [6.45, 7) is 2.30. The zero-order valence-electron chi connectivity index (χ0n) is 28.9. The number of rotatable bonds is 7. The lowest BCUT2D eigenvalue weighted by molar-refractivity contribution is -0.145. The molecule has 3 aliphatic carbocycles. The molecule has 0 unspecified atom stereocenters. The van der Waals surface area contributed by atoms with Crippen LogP contribution in [0.2, 0.25) is 0 Å². The summed E-state index contributed by atoms with van der Waals surface area (Å²) < 4.78 is 74.3. The van der Waals surface area contributed by atoms with Gasteiger partial charge in [0.25, 0.3) is 5.91 Å². The standard InChI is InChI=1S/C34H38F3N7O6S3/c1-18-16-51-29(38-18)24-14-26(41-27(39-24)30-40-25(17-52-30)34(35,36)37)50-20-8-11-22-23(13-20)28(45)42-33(32(47)43-53(48,49)21-9-10-21)15-19(33)7-5-3-4-6-12-44(2)31(22)46/h5,7,14,16-17,19-23H,3-4,6,8-13,15H2,1-2H3,(H,42,45)(H,43,47)/b7-5-/t19-,20+,22-,23-,33-/m1/s1. The minimum absolute atomic E-state index is 0.0309. The highest BCUT2D eigenvalue weighted by Crippen LogP contribution is 2.47. The Kier molecular flexibility index (Phi) is 10.1. The summed E-state index contributed by atoms with van der Waals surface area (Å²) >= 11 is 2.03. The van der Waals surface area contributed by atoms with Gasteiger partial charge < -0.3 is 15.0 Å². The maximum atomic E-state index is 14.3. The minimum Gasteiger partial charge on any atom is -0.474 e. The van der Waals surface area contributed by atoms with E-state index in [-0.39, 0.29) is 41.9 Å². The van der Waals surface area contributed by atoms with Crippen molar-refractivity contribution in [3.05, 3.63) is 40.4 Å². The van der Waals surface area contributed by atoms with Gasteiger partial charge in [0, 0.05) is 47.9 Å². The van der Waals surface area contributed by atoms with Crippen molar-refractivity contribution < 1.29 is 40.7 Å². The molecule has 4 heterocycles. The molecule has 3 amide bonds. The van der Waals surface area contributed by atoms with Gasteiger partial charge in [-0.05, 0) is 64.7 Å². The molecule has 7 rings (SSSR count). The molecule has 53 heavy (non-hydrogen) atoms. The lowest BCUT2D eigenvalue weighted by Gasteiger charge is -2.37. The van der Waals surface area contributed by atoms with Gasteiger partial charge in [0.15, 0.2) is 16.5 Å². The highest BCUT2D eigenvalue weighted by atomic mass is 32.2. The molecule has 3 saturated carbocycles. The fourth-order valence-corrected chi connectivity index (χ4v) is 9.78. The summed E-state index contributed by atoms with van der Waals surface area (Å²) in [5.41, 5.74) is -1.52. The van der Waals surface area contributed by atoms with Crippen LogP contribution < -0.4 is 14.8 Å². The summed E-state index contributed by atoms with van der Waals surface area (Å²) in [5.74, 6) is -3.74. The molecule has 2 N–H and O–H groups in total. The predicted octanol–water partition coefficient (Wildman–Crippen LogP) is 4.90. The zero-order valence-corrected chi connectivity index (χ0v) is 31.3. The van der Waals surface area contributed by atoms with Crippen LogP contribution in [-0.2, 0) is 30.6 Å². The Hall–Kier alpha value is -3.97. The highest BCUT2D eigenvalue weighted by Gasteiger charge is 2.62. The van der Waals surface area contributed by atoms with Crippen molar-refractivity contribution in [1.29, 1.82) is 0 Å². The largest absolute Gasteiger partial charge is 0.474 e. The number of carbonyl (C=O) groups excluding carboxylic acids is 3. The van der Waals surface area contributed by atoms with Gasteiger partial charge in [0.2, 0.25) is 27.7 Å². The van der Waals surface area contributed by atoms with Gasteiger partial charge in [-0.2, -0.15) is 18.2 Å². The normalized spacial score (nSPS) is 27.5. The highest BCUT2D eigenvalue weighted by molar-refractivity contribution is 7.91. The molecule has 0 spiro atoms. The number of aromatic nitrogens is 4. The Labute approximate surface area is 311 Å². The number of amides is 3. The molecule has 1 aliphatic heterocycles. The quantitative estimate of drug-likeness (QED) is 0.314. The van der Waals surface area contributed by atoms with E-state index in [9.17, 15) is 36.0 Å². The maximum Gasteiger partial charge on any atom is 0.434 e. The third-order valence-corrected chi connectivity index (χ3v) is 13.7. The molecule has 0 saturated heterocycles. The van der Waals surface area contributed by atoms with Gasteiger partial charge in [-0.25, -0.2) is 23.4 Å². The molecule has 3 aromatic rings. The lowest BCUT2D eigenvalue weighted by atomic mass is 9.76. The van der Waals surface area contributed by atoms with Crippen molar-refractivity contribution in [2.75, 3.05) is 13.6 Å². The fraction of sp³-hybridized carbons (Fsp3) is 0.559. The van der Waals surface area contributed by atoms with Crippen LogP contribution in [0.1, 0.15) is 69.2 Å². The van der Waals surface area contributed by atoms with E-state index in [1.54, 1.807) is 24.3 Å². The molecule has 3 fully saturated rings. The number of hydrogen-bond acceptors (Lipinski definition) is 12. The SMILES string of the molecule is Cc1csc(-c2cc(O[C@H]3CC[C@H]4C(=O)N(C)CCCC/C=C\[C@@H]5C[C@@]5(C(=O)NS(=O)(=O)C5CC5)NC(=O)[C@@H]4C3)nc(-c3nc(C(F)(F)F)cs3)n2)n1. The lowest BCUT2D eigenvalue weighted by Crippen LogP contribution is -2.56. The summed E-state index contributed by atoms with van der Waals surface area (Å²) in [4.78, 5) is 60.4. The van der Waals surface area contributed by atoms with Crippen molar-refractivity contribution in [1.82, 2.24) is 34.9 Å². The molecule has 19 heteroatoms. The summed E-state index contributed by atoms with van der Waals surface area (Å²) in [5, 5.41) is 5.35. The Balaban J connectivity index is 1.18. The first-order chi connectivity index (χ1) is 25.1. The third kappa shape index (κ3) is 8.11. The van der Waals surface area contributed by atoms with E-state index in [0.29, 0.717) is 42.9 Å². The number of aryl methyl sites for hydroxylation is 1. The monoisotopic (exact) mass is 793 g/mol. The number of thiazole rings is 2. The van der Waals surface area contributed by atoms with Crippen LogP contribution in [0.3, 0.4) is 0 Å². The van der Waals surface area contributed by atoms with Crippen molar-refractivity contribution in [2.24, 2.45) is 17.8 Å². The van der Waals surface area contributed by atoms with Crippen LogP contribution in [-0.4, -0.2) is 81.5 Å². The average Bonchev–Trinajstić information content (AvgIpc) is 3.97. The van der Waals surface area contributed by atoms with Crippen LogP contribution in [0.4, 0.5) is 13.2 Å². The van der Waals surface area contributed by atoms with E-state index in [0.717, 1.165) is 35.3 Å². The van der Waals surface area contributed by atoms with E-state index >= 15 is 0 Å². The maximum absolute atomic E-state index is 14.3. The van der Waals surface area contributed by atoms with E-state index in [4.69, 9.17) is 4.74 Å². The van der Waals surface area contributed by atoms with Crippen LogP contribution in [0.15, 0.2) is 29.0 Å². The Morgan fingerprint density at radius 2 is 1.81 bits per heavy atom. The van der Waals surface area contributed by atoms with Gasteiger partial charge in [-0.1, -0.05) is 12.2 Å². The number of hydrogen-bond donors (Lipinski definition) is 2. The molecular formula is C34H38F3N7O6S3. The van der Waals surface area contributed by atoms with Crippen molar-refractivity contribution in [3.8, 4) is 27.4 Å². The first-order valence-corrected chi connectivity index (χ1v) is 20.7. The van der Waals surface area contributed by atoms with Crippen molar-refractivity contribution >= 4 is 50.4 Å². The van der Waals surface area contributed by atoms with E-state index in [2.05, 4.69) is 30.0 Å². The van der Waals surface area contributed by atoms with Gasteiger partial charge in [0.05, 0.1) is 11.2 Å². The molecule has 284 valence electrons. The minimum atomic E-state index is -4.66. The first kappa shape index (κ1) is 37.3. The molecule has 0 radical (unpaired) electrons. The number of nitrogens with zero attached hydrogens (tertiary/aromatic N) is 5. The second-order valence-electron chi connectivity index (χ2n) is 14.1. The fourth-order valence-electron chi connectivity index (χ4n) is 6.91. The van der Waals surface area contributed by atoms with E-state index < -0.39 is 68.4 Å². The smallest absolute Gasteiger partial charge is 0.434 e. The number of carbonyl (C=O) groups is 3. The zero-order chi connectivity index (χ0) is 37.7. The van der Waals surface area contributed by atoms with Crippen LogP contribution >= 0.6 is 22.7 Å². The van der Waals surface area contributed by atoms with Crippen LogP contribution in [0.5, 0.6) is 5.88 Å². The number of alkyl halides is 3. The Morgan fingerprint density at radius 1 is 1.04 bits per heavy atom.